The fraction of sp³-hybridized carbons (Fsp3) is 0.0204. The van der Waals surface area contributed by atoms with Gasteiger partial charge in [-0.3, -0.25) is 0 Å². The molecule has 4 heterocycles. The van der Waals surface area contributed by atoms with Crippen LogP contribution in [0.3, 0.4) is 0 Å². The second kappa shape index (κ2) is 23.7. The number of hydrogen-bond donors (Lipinski definition) is 0. The van der Waals surface area contributed by atoms with Crippen LogP contribution in [-0.4, -0.2) is 29.9 Å². The first-order valence-corrected chi connectivity index (χ1v) is 37.6. The zero-order chi connectivity index (χ0) is 69.6. The van der Waals surface area contributed by atoms with E-state index in [0.29, 0.717) is 34.9 Å². The van der Waals surface area contributed by atoms with Gasteiger partial charge in [0.2, 0.25) is 0 Å². The van der Waals surface area contributed by atoms with E-state index in [1.165, 1.54) is 75.6 Å². The van der Waals surface area contributed by atoms with E-state index in [-0.39, 0.29) is 0 Å². The zero-order valence-corrected chi connectivity index (χ0v) is 58.6. The number of thiophene rings is 2. The van der Waals surface area contributed by atoms with Crippen LogP contribution in [0.1, 0.15) is 44.5 Å². The lowest BCUT2D eigenvalue weighted by Crippen LogP contribution is -2.28. The van der Waals surface area contributed by atoms with Crippen LogP contribution in [0.5, 0.6) is 0 Å². The first-order chi connectivity index (χ1) is 52.6. The predicted octanol–water partition coefficient (Wildman–Crippen LogP) is 24.8. The summed E-state index contributed by atoms with van der Waals surface area (Å²) in [5, 5.41) is 4.75. The summed E-state index contributed by atoms with van der Waals surface area (Å²) >= 11 is 3.58. The Morgan fingerprint density at radius 3 is 1.15 bits per heavy atom. The molecule has 492 valence electrons. The van der Waals surface area contributed by atoms with Gasteiger partial charge in [0.1, 0.15) is 0 Å². The topological polar surface area (TPSA) is 77.3 Å². The zero-order valence-electron chi connectivity index (χ0n) is 57.0. The molecule has 0 radical (unpaired) electrons. The minimum atomic E-state index is -0.753. The van der Waals surface area contributed by atoms with Gasteiger partial charge in [-0.25, -0.2) is 29.9 Å². The summed E-state index contributed by atoms with van der Waals surface area (Å²) in [7, 11) is 0. The number of aromatic nitrogens is 6. The minimum absolute atomic E-state index is 0.514. The predicted molar refractivity (Wildman–Crippen MR) is 436 cm³/mol. The summed E-state index contributed by atoms with van der Waals surface area (Å²) in [5.41, 5.74) is 25.7. The lowest BCUT2D eigenvalue weighted by molar-refractivity contribution is 0.769. The average molecular weight is 1380 g/mol. The van der Waals surface area contributed by atoms with E-state index in [2.05, 4.69) is 346 Å². The van der Waals surface area contributed by atoms with Gasteiger partial charge in [0.05, 0.1) is 10.8 Å². The van der Waals surface area contributed by atoms with E-state index in [1.807, 2.05) is 6.07 Å². The minimum Gasteiger partial charge on any atom is -0.208 e. The van der Waals surface area contributed by atoms with Gasteiger partial charge >= 0.3 is 0 Å². The Morgan fingerprint density at radius 2 is 0.547 bits per heavy atom. The second-order valence-corrected chi connectivity index (χ2v) is 29.9. The molecule has 6 nitrogen and oxygen atoms in total. The van der Waals surface area contributed by atoms with E-state index in [4.69, 9.17) is 29.9 Å². The normalized spacial score (nSPS) is 14.2. The van der Waals surface area contributed by atoms with Gasteiger partial charge in [0.25, 0.3) is 0 Å². The Hall–Kier alpha value is -13.2. The first kappa shape index (κ1) is 60.4. The highest BCUT2D eigenvalue weighted by atomic mass is 32.1. The fourth-order valence-electron chi connectivity index (χ4n) is 17.9. The molecule has 0 N–H and O–H groups in total. The molecule has 0 aliphatic heterocycles. The largest absolute Gasteiger partial charge is 0.208 e. The van der Waals surface area contributed by atoms with E-state index >= 15 is 0 Å². The first-order valence-electron chi connectivity index (χ1n) is 36.0. The molecule has 3 aliphatic rings. The summed E-state index contributed by atoms with van der Waals surface area (Å²) in [4.78, 5) is 33.2. The summed E-state index contributed by atoms with van der Waals surface area (Å²) in [6.07, 6.45) is 0. The average Bonchev–Trinajstić information content (AvgIpc) is 1.51. The molecule has 0 bridgehead atoms. The van der Waals surface area contributed by atoms with E-state index in [1.54, 1.807) is 22.7 Å². The monoisotopic (exact) mass is 1380 g/mol. The number of rotatable bonds is 10. The molecular formula is C98H58N6S2. The quantitative estimate of drug-likeness (QED) is 0.136. The summed E-state index contributed by atoms with van der Waals surface area (Å²) in [6.45, 7) is 0. The van der Waals surface area contributed by atoms with Crippen LogP contribution in [0.4, 0.5) is 0 Å². The molecule has 1 atom stereocenters. The molecule has 0 amide bonds. The lowest BCUT2D eigenvalue weighted by Gasteiger charge is -2.34. The second-order valence-electron chi connectivity index (χ2n) is 27.8. The van der Waals surface area contributed by atoms with Crippen molar-refractivity contribution in [1.29, 1.82) is 0 Å². The van der Waals surface area contributed by atoms with Crippen molar-refractivity contribution >= 4 is 63.0 Å². The molecule has 15 aromatic carbocycles. The van der Waals surface area contributed by atoms with Gasteiger partial charge in [-0.1, -0.05) is 322 Å². The maximum Gasteiger partial charge on any atom is 0.165 e. The maximum absolute atomic E-state index is 5.63. The Balaban J connectivity index is 0.691. The molecule has 0 saturated carbocycles. The Labute approximate surface area is 619 Å². The van der Waals surface area contributed by atoms with Crippen molar-refractivity contribution in [3.05, 3.63) is 396 Å². The Kier molecular flexibility index (Phi) is 13.5. The summed E-state index contributed by atoms with van der Waals surface area (Å²) < 4.78 is 4.66. The van der Waals surface area contributed by atoms with Gasteiger partial charge in [-0.05, 0) is 130 Å². The van der Waals surface area contributed by atoms with Crippen LogP contribution < -0.4 is 0 Å². The van der Waals surface area contributed by atoms with Crippen LogP contribution in [0, 0.1) is 0 Å². The highest BCUT2D eigenvalue weighted by Crippen LogP contribution is 2.65. The van der Waals surface area contributed by atoms with Crippen molar-refractivity contribution < 1.29 is 0 Å². The molecule has 19 aromatic rings. The van der Waals surface area contributed by atoms with Gasteiger partial charge in [0, 0.05) is 73.7 Å². The Morgan fingerprint density at radius 1 is 0.189 bits per heavy atom. The van der Waals surface area contributed by atoms with Crippen LogP contribution >= 0.6 is 22.7 Å². The van der Waals surface area contributed by atoms with Crippen molar-refractivity contribution in [2.24, 2.45) is 0 Å². The third-order valence-electron chi connectivity index (χ3n) is 22.3. The van der Waals surface area contributed by atoms with Gasteiger partial charge in [-0.2, -0.15) is 0 Å². The maximum atomic E-state index is 5.63. The van der Waals surface area contributed by atoms with Crippen molar-refractivity contribution in [2.45, 2.75) is 10.8 Å². The molecule has 1 unspecified atom stereocenters. The third-order valence-corrected chi connectivity index (χ3v) is 24.8. The number of nitrogens with zero attached hydrogens (tertiary/aromatic N) is 6. The van der Waals surface area contributed by atoms with Crippen molar-refractivity contribution in [2.75, 3.05) is 0 Å². The van der Waals surface area contributed by atoms with Crippen molar-refractivity contribution in [3.8, 4) is 124 Å². The van der Waals surface area contributed by atoms with Gasteiger partial charge in [0.15, 0.2) is 34.9 Å². The van der Waals surface area contributed by atoms with Crippen molar-refractivity contribution in [3.63, 3.8) is 0 Å². The summed E-state index contributed by atoms with van der Waals surface area (Å²) in [6, 6.07) is 128. The molecule has 1 spiro atoms. The SMILES string of the molecule is c1ccc(-c2nc(-c3cccc4c3-c3ccccc3C43c4ccccc4-c4ccccc43)nc(-c3cccc4c3sc3cc(-c5cccc(C6(c7ccccc7)c7ccccc7-c7c(-c8nc(-c9ccccc9-c9ccccc9)nc(-c9cccc%10c9sc9ccccc9%10)n8)cccc76)c5)ccc34)n2)cc1. The van der Waals surface area contributed by atoms with Gasteiger partial charge in [-0.15, -0.1) is 22.7 Å². The molecular weight excluding hydrogens is 1330 g/mol. The third kappa shape index (κ3) is 8.83. The van der Waals surface area contributed by atoms with E-state index in [9.17, 15) is 0 Å². The molecule has 0 fully saturated rings. The van der Waals surface area contributed by atoms with Crippen LogP contribution in [0.25, 0.3) is 164 Å². The molecule has 22 rings (SSSR count). The molecule has 0 saturated heterocycles. The fourth-order valence-corrected chi connectivity index (χ4v) is 20.4. The highest BCUT2D eigenvalue weighted by molar-refractivity contribution is 7.26. The van der Waals surface area contributed by atoms with E-state index in [0.717, 1.165) is 98.2 Å². The number of hydrogen-bond acceptors (Lipinski definition) is 8. The van der Waals surface area contributed by atoms with Crippen LogP contribution in [0.15, 0.2) is 352 Å². The Bertz CT molecular complexity index is 6810. The van der Waals surface area contributed by atoms with Crippen LogP contribution in [0.2, 0.25) is 0 Å². The smallest absolute Gasteiger partial charge is 0.165 e. The van der Waals surface area contributed by atoms with Gasteiger partial charge < -0.3 is 0 Å². The number of benzene rings is 15. The molecule has 3 aliphatic carbocycles. The van der Waals surface area contributed by atoms with Crippen LogP contribution in [-0.2, 0) is 10.8 Å². The molecule has 4 aromatic heterocycles. The van der Waals surface area contributed by atoms with Crippen molar-refractivity contribution in [1.82, 2.24) is 29.9 Å². The summed E-state index contributed by atoms with van der Waals surface area (Å²) in [5.74, 6) is 3.74. The standard InChI is InChI=1S/C98H58N6S2/c1-4-27-59(28-5-1)65-35-10-11-39-72(65)92-101-94(104-96(102-92)77-46-23-42-70-68-38-16-21-54-85(68)105-89(70)77)75-44-25-52-83-87(75)73-40-14-19-50-81(73)97(83,63-32-8-3-9-33-63)64-34-22-31-61(57-64)62-55-56-69-71-43-24-47-78(90(71)106-86(69)58-62)95-100-91(60-29-6-2-7-30-60)99-93(103-95)76-45-26-53-84-88(76)74-41-15-20-51-82(74)98(84)79-48-17-12-36-66(79)67-37-13-18-49-80(67)98/h1-58H. The lowest BCUT2D eigenvalue weighted by atomic mass is 9.67. The van der Waals surface area contributed by atoms with E-state index < -0.39 is 10.8 Å². The molecule has 8 heteroatoms. The number of fused-ring (bicyclic) bond motifs is 19. The highest BCUT2D eigenvalue weighted by Gasteiger charge is 2.53. The molecule has 106 heavy (non-hydrogen) atoms.